The summed E-state index contributed by atoms with van der Waals surface area (Å²) in [6, 6.07) is -0.246. The second-order valence-electron chi connectivity index (χ2n) is 2.63. The predicted molar refractivity (Wildman–Crippen MR) is 54.1 cm³/mol. The lowest BCUT2D eigenvalue weighted by Gasteiger charge is -2.11. The van der Waals surface area contributed by atoms with Crippen molar-refractivity contribution in [1.82, 2.24) is 5.32 Å². The van der Waals surface area contributed by atoms with E-state index in [1.54, 1.807) is 6.08 Å². The molecule has 74 valence electrons. The van der Waals surface area contributed by atoms with Gasteiger partial charge in [0.15, 0.2) is 9.84 Å². The number of nitrogens with one attached hydrogen (secondary N) is 1. The summed E-state index contributed by atoms with van der Waals surface area (Å²) in [7, 11) is -3.01. The molecule has 0 unspecified atom stereocenters. The van der Waals surface area contributed by atoms with Gasteiger partial charge in [-0.25, -0.2) is 8.42 Å². The van der Waals surface area contributed by atoms with Gasteiger partial charge in [-0.05, 0) is 25.2 Å². The van der Waals surface area contributed by atoms with E-state index in [4.69, 9.17) is 17.0 Å². The van der Waals surface area contributed by atoms with Gasteiger partial charge in [-0.15, -0.1) is 0 Å². The van der Waals surface area contributed by atoms with Crippen LogP contribution in [0.4, 0.5) is 0 Å². The van der Waals surface area contributed by atoms with Crippen molar-refractivity contribution in [1.29, 1.82) is 0 Å². The Morgan fingerprint density at radius 1 is 1.77 bits per heavy atom. The molecule has 1 heterocycles. The summed E-state index contributed by atoms with van der Waals surface area (Å²) in [6.45, 7) is 2.30. The van der Waals surface area contributed by atoms with Crippen molar-refractivity contribution in [2.45, 2.75) is 13.0 Å². The SMILES string of the molecule is CCOC(=S)N[C@H]1C=CS(=O)(=O)C1. The maximum absolute atomic E-state index is 11.0. The first-order valence-electron chi connectivity index (χ1n) is 3.88. The van der Waals surface area contributed by atoms with Gasteiger partial charge in [-0.3, -0.25) is 0 Å². The quantitative estimate of drug-likeness (QED) is 0.675. The molecule has 1 rings (SSSR count). The molecule has 0 bridgehead atoms. The molecule has 1 aliphatic heterocycles. The fourth-order valence-electron chi connectivity index (χ4n) is 0.990. The molecule has 0 aliphatic carbocycles. The fraction of sp³-hybridized carbons (Fsp3) is 0.571. The molecule has 1 aliphatic rings. The van der Waals surface area contributed by atoms with Crippen LogP contribution in [0.25, 0.3) is 0 Å². The van der Waals surface area contributed by atoms with Gasteiger partial charge < -0.3 is 10.1 Å². The van der Waals surface area contributed by atoms with Crippen LogP contribution in [-0.2, 0) is 14.6 Å². The summed E-state index contributed by atoms with van der Waals surface area (Å²) < 4.78 is 26.9. The van der Waals surface area contributed by atoms with Crippen LogP contribution in [0.5, 0.6) is 0 Å². The van der Waals surface area contributed by atoms with Gasteiger partial charge in [0.25, 0.3) is 5.17 Å². The summed E-state index contributed by atoms with van der Waals surface area (Å²) in [4.78, 5) is 0. The lowest BCUT2D eigenvalue weighted by molar-refractivity contribution is 0.318. The first-order valence-corrected chi connectivity index (χ1v) is 6.00. The second kappa shape index (κ2) is 4.06. The van der Waals surface area contributed by atoms with Crippen LogP contribution in [-0.4, -0.2) is 32.0 Å². The summed E-state index contributed by atoms with van der Waals surface area (Å²) in [5, 5.41) is 4.22. The van der Waals surface area contributed by atoms with Crippen molar-refractivity contribution in [2.24, 2.45) is 0 Å². The largest absolute Gasteiger partial charge is 0.471 e. The Morgan fingerprint density at radius 3 is 2.92 bits per heavy atom. The highest BCUT2D eigenvalue weighted by molar-refractivity contribution is 7.94. The average molecular weight is 221 g/mol. The van der Waals surface area contributed by atoms with Crippen LogP contribution in [0.1, 0.15) is 6.92 Å². The van der Waals surface area contributed by atoms with Gasteiger partial charge in [-0.2, -0.15) is 0 Å². The molecule has 0 spiro atoms. The summed E-state index contributed by atoms with van der Waals surface area (Å²) in [5.41, 5.74) is 0. The normalized spacial score (nSPS) is 24.2. The molecule has 0 aromatic heterocycles. The van der Waals surface area contributed by atoms with Gasteiger partial charge in [0, 0.05) is 5.41 Å². The lowest BCUT2D eigenvalue weighted by Crippen LogP contribution is -2.35. The van der Waals surface area contributed by atoms with E-state index >= 15 is 0 Å². The van der Waals surface area contributed by atoms with Crippen molar-refractivity contribution >= 4 is 27.2 Å². The number of ether oxygens (including phenoxy) is 1. The smallest absolute Gasteiger partial charge is 0.257 e. The third-order valence-electron chi connectivity index (χ3n) is 1.51. The van der Waals surface area contributed by atoms with Crippen molar-refractivity contribution in [3.8, 4) is 0 Å². The molecule has 1 atom stereocenters. The molecule has 0 fully saturated rings. The highest BCUT2D eigenvalue weighted by atomic mass is 32.2. The molecule has 0 radical (unpaired) electrons. The van der Waals surface area contributed by atoms with Gasteiger partial charge in [0.2, 0.25) is 0 Å². The lowest BCUT2D eigenvalue weighted by atomic mass is 10.3. The third kappa shape index (κ3) is 3.31. The average Bonchev–Trinajstić information content (AvgIpc) is 2.30. The van der Waals surface area contributed by atoms with Crippen molar-refractivity contribution in [3.05, 3.63) is 11.5 Å². The molecule has 6 heteroatoms. The first-order chi connectivity index (χ1) is 6.03. The molecule has 13 heavy (non-hydrogen) atoms. The number of thiocarbonyl (C=S) groups is 1. The minimum absolute atomic E-state index is 0.0558. The number of hydrogen-bond donors (Lipinski definition) is 1. The topological polar surface area (TPSA) is 55.4 Å². The summed E-state index contributed by atoms with van der Waals surface area (Å²) in [5.74, 6) is 0.0558. The van der Waals surface area contributed by atoms with E-state index < -0.39 is 9.84 Å². The molecular weight excluding hydrogens is 210 g/mol. The Kier molecular flexibility index (Phi) is 3.27. The Labute approximate surface area is 82.9 Å². The van der Waals surface area contributed by atoms with E-state index in [1.165, 1.54) is 5.41 Å². The Bertz CT molecular complexity index is 321. The minimum atomic E-state index is -3.01. The molecule has 4 nitrogen and oxygen atoms in total. The molecule has 0 saturated heterocycles. The maximum atomic E-state index is 11.0. The summed E-state index contributed by atoms with van der Waals surface area (Å²) in [6.07, 6.45) is 1.57. The van der Waals surface area contributed by atoms with E-state index in [9.17, 15) is 8.42 Å². The Morgan fingerprint density at radius 2 is 2.46 bits per heavy atom. The molecule has 0 aromatic rings. The fourth-order valence-corrected chi connectivity index (χ4v) is 2.49. The van der Waals surface area contributed by atoms with E-state index in [2.05, 4.69) is 5.32 Å². The van der Waals surface area contributed by atoms with Crippen LogP contribution in [0.15, 0.2) is 11.5 Å². The van der Waals surface area contributed by atoms with Crippen molar-refractivity contribution in [3.63, 3.8) is 0 Å². The van der Waals surface area contributed by atoms with Crippen LogP contribution in [0, 0.1) is 0 Å². The monoisotopic (exact) mass is 221 g/mol. The van der Waals surface area contributed by atoms with Crippen LogP contribution in [0.3, 0.4) is 0 Å². The van der Waals surface area contributed by atoms with Crippen LogP contribution < -0.4 is 5.32 Å². The summed E-state index contributed by atoms with van der Waals surface area (Å²) >= 11 is 4.80. The molecule has 0 amide bonds. The molecule has 1 N–H and O–H groups in total. The first kappa shape index (κ1) is 10.5. The Hall–Kier alpha value is -0.620. The van der Waals surface area contributed by atoms with E-state index in [0.29, 0.717) is 6.61 Å². The van der Waals surface area contributed by atoms with Gasteiger partial charge in [0.05, 0.1) is 18.4 Å². The van der Waals surface area contributed by atoms with Crippen molar-refractivity contribution in [2.75, 3.05) is 12.4 Å². The van der Waals surface area contributed by atoms with E-state index in [-0.39, 0.29) is 17.0 Å². The highest BCUT2D eigenvalue weighted by Gasteiger charge is 2.22. The van der Waals surface area contributed by atoms with Crippen LogP contribution >= 0.6 is 12.2 Å². The predicted octanol–water partition coefficient (Wildman–Crippen LogP) is 0.208. The maximum Gasteiger partial charge on any atom is 0.257 e. The number of sulfone groups is 1. The molecular formula is C7H11NO3S2. The third-order valence-corrected chi connectivity index (χ3v) is 3.14. The standard InChI is InChI=1S/C7H11NO3S2/c1-2-11-7(12)8-6-3-4-13(9,10)5-6/h3-4,6H,2,5H2,1H3,(H,8,12)/t6-/m0/s1. The zero-order valence-corrected chi connectivity index (χ0v) is 8.82. The number of rotatable bonds is 2. The van der Waals surface area contributed by atoms with E-state index in [1.807, 2.05) is 6.92 Å². The second-order valence-corrected chi connectivity index (χ2v) is 4.93. The van der Waals surface area contributed by atoms with Gasteiger partial charge in [0.1, 0.15) is 0 Å². The molecule has 0 aromatic carbocycles. The Balaban J connectivity index is 2.42. The zero-order chi connectivity index (χ0) is 9.90. The minimum Gasteiger partial charge on any atom is -0.471 e. The molecule has 0 saturated carbocycles. The zero-order valence-electron chi connectivity index (χ0n) is 7.19. The number of hydrogen-bond acceptors (Lipinski definition) is 4. The van der Waals surface area contributed by atoms with Gasteiger partial charge >= 0.3 is 0 Å². The van der Waals surface area contributed by atoms with Crippen molar-refractivity contribution < 1.29 is 13.2 Å². The highest BCUT2D eigenvalue weighted by Crippen LogP contribution is 2.07. The van der Waals surface area contributed by atoms with Gasteiger partial charge in [-0.1, -0.05) is 0 Å². The van der Waals surface area contributed by atoms with Crippen LogP contribution in [0.2, 0.25) is 0 Å². The van der Waals surface area contributed by atoms with E-state index in [0.717, 1.165) is 0 Å².